The lowest BCUT2D eigenvalue weighted by molar-refractivity contribution is 0.0531. The predicted molar refractivity (Wildman–Crippen MR) is 121 cm³/mol. The van der Waals surface area contributed by atoms with Crippen molar-refractivity contribution in [2.45, 2.75) is 51.0 Å². The Bertz CT molecular complexity index is 724. The number of hydrogen-bond donors (Lipinski definition) is 2. The van der Waals surface area contributed by atoms with E-state index in [4.69, 9.17) is 24.9 Å². The molecule has 3 N–H and O–H groups in total. The molecule has 2 saturated heterocycles. The van der Waals surface area contributed by atoms with Crippen molar-refractivity contribution in [1.82, 2.24) is 10.2 Å². The van der Waals surface area contributed by atoms with E-state index in [2.05, 4.69) is 17.4 Å². The van der Waals surface area contributed by atoms with Crippen LogP contribution >= 0.6 is 0 Å². The molecule has 1 aromatic rings. The molecule has 31 heavy (non-hydrogen) atoms. The number of carbonyl (C=O) groups is 1. The zero-order valence-corrected chi connectivity index (χ0v) is 18.8. The van der Waals surface area contributed by atoms with Crippen LogP contribution in [-0.2, 0) is 14.9 Å². The monoisotopic (exact) mass is 432 g/mol. The third kappa shape index (κ3) is 6.26. The van der Waals surface area contributed by atoms with E-state index in [1.807, 2.05) is 26.0 Å². The standard InChI is InChI=1S/C23H36N4O4/c1-3-30-20-7-5-18(6-8-20)23(11-15-29-16-12-23)17-25-21(24)26-19-9-13-27(14-10-19)22(28)31-4-2/h5-8,19H,3-4,9-17H2,1-2H3,(H3,24,25,26). The number of ether oxygens (including phenoxy) is 3. The van der Waals surface area contributed by atoms with E-state index < -0.39 is 0 Å². The van der Waals surface area contributed by atoms with Gasteiger partial charge in [0, 0.05) is 37.8 Å². The normalized spacial score (nSPS) is 19.7. The molecule has 0 aromatic heterocycles. The van der Waals surface area contributed by atoms with Crippen LogP contribution in [0.3, 0.4) is 0 Å². The van der Waals surface area contributed by atoms with Gasteiger partial charge in [-0.1, -0.05) is 12.1 Å². The molecule has 2 aliphatic rings. The van der Waals surface area contributed by atoms with E-state index in [-0.39, 0.29) is 17.6 Å². The second-order valence-electron chi connectivity index (χ2n) is 8.16. The fraction of sp³-hybridized carbons (Fsp3) is 0.652. The first-order valence-electron chi connectivity index (χ1n) is 11.4. The number of aliphatic imine (C=N–C) groups is 1. The fourth-order valence-corrected chi connectivity index (χ4v) is 4.28. The van der Waals surface area contributed by atoms with Crippen molar-refractivity contribution in [1.29, 1.82) is 0 Å². The summed E-state index contributed by atoms with van der Waals surface area (Å²) in [6.45, 7) is 8.26. The summed E-state index contributed by atoms with van der Waals surface area (Å²) in [5.41, 5.74) is 7.41. The van der Waals surface area contributed by atoms with Crippen molar-refractivity contribution in [2.75, 3.05) is 46.1 Å². The lowest BCUT2D eigenvalue weighted by atomic mass is 9.74. The number of nitrogens with two attached hydrogens (primary N) is 1. The Morgan fingerprint density at radius 1 is 1.19 bits per heavy atom. The molecule has 0 bridgehead atoms. The van der Waals surface area contributed by atoms with Gasteiger partial charge >= 0.3 is 6.09 Å². The number of nitrogens with zero attached hydrogens (tertiary/aromatic N) is 2. The van der Waals surface area contributed by atoms with Crippen LogP contribution in [0.2, 0.25) is 0 Å². The molecule has 2 aliphatic heterocycles. The maximum Gasteiger partial charge on any atom is 0.409 e. The van der Waals surface area contributed by atoms with Crippen LogP contribution < -0.4 is 15.8 Å². The maximum atomic E-state index is 11.8. The summed E-state index contributed by atoms with van der Waals surface area (Å²) >= 11 is 0. The average molecular weight is 433 g/mol. The molecular weight excluding hydrogens is 396 g/mol. The number of nitrogens with one attached hydrogen (secondary N) is 1. The Balaban J connectivity index is 1.58. The van der Waals surface area contributed by atoms with Gasteiger partial charge in [0.2, 0.25) is 0 Å². The second-order valence-corrected chi connectivity index (χ2v) is 8.16. The lowest BCUT2D eigenvalue weighted by Crippen LogP contribution is -2.49. The molecule has 0 atom stereocenters. The van der Waals surface area contributed by atoms with E-state index in [1.54, 1.807) is 4.90 Å². The number of hydrogen-bond acceptors (Lipinski definition) is 5. The van der Waals surface area contributed by atoms with Crippen molar-refractivity contribution in [3.8, 4) is 5.75 Å². The summed E-state index contributed by atoms with van der Waals surface area (Å²) in [4.78, 5) is 18.3. The number of likely N-dealkylation sites (tertiary alicyclic amines) is 1. The molecular formula is C23H36N4O4. The van der Waals surface area contributed by atoms with Gasteiger partial charge in [-0.25, -0.2) is 4.79 Å². The van der Waals surface area contributed by atoms with Crippen molar-refractivity contribution in [2.24, 2.45) is 10.7 Å². The Kier molecular flexibility index (Phi) is 8.40. The van der Waals surface area contributed by atoms with E-state index in [0.717, 1.165) is 44.6 Å². The number of amides is 1. The number of benzene rings is 1. The van der Waals surface area contributed by atoms with Crippen LogP contribution in [0.4, 0.5) is 4.79 Å². The SMILES string of the molecule is CCOC(=O)N1CCC(NC(N)=NCC2(c3ccc(OCC)cc3)CCOCC2)CC1. The van der Waals surface area contributed by atoms with E-state index in [0.29, 0.717) is 38.8 Å². The topological polar surface area (TPSA) is 98.4 Å². The first-order valence-corrected chi connectivity index (χ1v) is 11.4. The minimum absolute atomic E-state index is 0.0808. The highest BCUT2D eigenvalue weighted by molar-refractivity contribution is 5.78. The van der Waals surface area contributed by atoms with Gasteiger partial charge in [0.15, 0.2) is 5.96 Å². The molecule has 172 valence electrons. The number of piperidine rings is 1. The van der Waals surface area contributed by atoms with Crippen LogP contribution in [0.25, 0.3) is 0 Å². The Morgan fingerprint density at radius 3 is 2.48 bits per heavy atom. The van der Waals surface area contributed by atoms with Gasteiger partial charge in [-0.2, -0.15) is 0 Å². The van der Waals surface area contributed by atoms with Gasteiger partial charge in [0.05, 0.1) is 19.8 Å². The predicted octanol–water partition coefficient (Wildman–Crippen LogP) is 2.66. The van der Waals surface area contributed by atoms with Crippen LogP contribution in [0.15, 0.2) is 29.3 Å². The lowest BCUT2D eigenvalue weighted by Gasteiger charge is -2.37. The van der Waals surface area contributed by atoms with Gasteiger partial charge in [0.1, 0.15) is 5.75 Å². The number of rotatable bonds is 7. The molecule has 0 unspecified atom stereocenters. The Hall–Kier alpha value is -2.48. The summed E-state index contributed by atoms with van der Waals surface area (Å²) in [6, 6.07) is 8.55. The minimum Gasteiger partial charge on any atom is -0.494 e. The third-order valence-electron chi connectivity index (χ3n) is 6.15. The van der Waals surface area contributed by atoms with Crippen molar-refractivity contribution in [3.63, 3.8) is 0 Å². The fourth-order valence-electron chi connectivity index (χ4n) is 4.28. The summed E-state index contributed by atoms with van der Waals surface area (Å²) in [7, 11) is 0. The van der Waals surface area contributed by atoms with E-state index >= 15 is 0 Å². The zero-order valence-electron chi connectivity index (χ0n) is 18.8. The molecule has 2 heterocycles. The van der Waals surface area contributed by atoms with Gasteiger partial charge in [-0.15, -0.1) is 0 Å². The molecule has 2 fully saturated rings. The van der Waals surface area contributed by atoms with Crippen molar-refractivity contribution in [3.05, 3.63) is 29.8 Å². The third-order valence-corrected chi connectivity index (χ3v) is 6.15. The van der Waals surface area contributed by atoms with Gasteiger partial charge < -0.3 is 30.2 Å². The summed E-state index contributed by atoms with van der Waals surface area (Å²) in [5, 5.41) is 3.34. The number of carbonyl (C=O) groups excluding carboxylic acids is 1. The average Bonchev–Trinajstić information content (AvgIpc) is 2.80. The summed E-state index contributed by atoms with van der Waals surface area (Å²) in [5.74, 6) is 1.35. The van der Waals surface area contributed by atoms with Crippen LogP contribution in [0.5, 0.6) is 5.75 Å². The largest absolute Gasteiger partial charge is 0.494 e. The zero-order chi connectivity index (χ0) is 22.1. The first-order chi connectivity index (χ1) is 15.1. The molecule has 3 rings (SSSR count). The minimum atomic E-state index is -0.237. The molecule has 1 aromatic carbocycles. The molecule has 1 amide bonds. The molecule has 0 aliphatic carbocycles. The quantitative estimate of drug-likeness (QED) is 0.508. The molecule has 0 radical (unpaired) electrons. The summed E-state index contributed by atoms with van der Waals surface area (Å²) in [6.07, 6.45) is 3.24. The molecule has 0 spiro atoms. The molecule has 8 nitrogen and oxygen atoms in total. The van der Waals surface area contributed by atoms with Crippen LogP contribution in [0.1, 0.15) is 45.1 Å². The summed E-state index contributed by atoms with van der Waals surface area (Å²) < 4.78 is 16.3. The second kappa shape index (κ2) is 11.2. The molecule has 0 saturated carbocycles. The van der Waals surface area contributed by atoms with Crippen LogP contribution in [-0.4, -0.2) is 69.1 Å². The maximum absolute atomic E-state index is 11.8. The highest BCUT2D eigenvalue weighted by Gasteiger charge is 2.34. The highest BCUT2D eigenvalue weighted by atomic mass is 16.6. The Labute approximate surface area is 185 Å². The van der Waals surface area contributed by atoms with Crippen LogP contribution in [0, 0.1) is 0 Å². The first kappa shape index (κ1) is 23.2. The van der Waals surface area contributed by atoms with E-state index in [1.165, 1.54) is 5.56 Å². The van der Waals surface area contributed by atoms with Gasteiger partial charge in [-0.3, -0.25) is 4.99 Å². The van der Waals surface area contributed by atoms with Gasteiger partial charge in [-0.05, 0) is 57.2 Å². The number of guanidine groups is 1. The van der Waals surface area contributed by atoms with E-state index in [9.17, 15) is 4.79 Å². The van der Waals surface area contributed by atoms with Crippen molar-refractivity contribution < 1.29 is 19.0 Å². The van der Waals surface area contributed by atoms with Gasteiger partial charge in [0.25, 0.3) is 0 Å². The molecule has 8 heteroatoms. The Morgan fingerprint density at radius 2 is 1.87 bits per heavy atom. The highest BCUT2D eigenvalue weighted by Crippen LogP contribution is 2.36. The smallest absolute Gasteiger partial charge is 0.409 e. The van der Waals surface area contributed by atoms with Crippen molar-refractivity contribution >= 4 is 12.1 Å².